The van der Waals surface area contributed by atoms with E-state index in [1.54, 1.807) is 20.8 Å². The lowest BCUT2D eigenvalue weighted by Crippen LogP contribution is -2.39. The molecule has 0 saturated heterocycles. The molecule has 3 aliphatic rings. The van der Waals surface area contributed by atoms with E-state index in [1.165, 1.54) is 10.9 Å². The normalized spacial score (nSPS) is 19.4. The molecule has 0 saturated carbocycles. The summed E-state index contributed by atoms with van der Waals surface area (Å²) in [6, 6.07) is -0.836. The van der Waals surface area contributed by atoms with E-state index < -0.39 is 27.7 Å². The minimum atomic E-state index is -4.27. The van der Waals surface area contributed by atoms with E-state index >= 15 is 0 Å². The summed E-state index contributed by atoms with van der Waals surface area (Å²) in [7, 11) is -4.27. The average molecular weight is 561 g/mol. The van der Waals surface area contributed by atoms with Crippen LogP contribution in [0.4, 0.5) is 15.3 Å². The van der Waals surface area contributed by atoms with Crippen molar-refractivity contribution < 1.29 is 27.5 Å². The number of urea groups is 1. The minimum absolute atomic E-state index is 0.0521. The van der Waals surface area contributed by atoms with Gasteiger partial charge in [0.25, 0.3) is 10.0 Å². The van der Waals surface area contributed by atoms with Crippen LogP contribution in [-0.2, 0) is 46.0 Å². The van der Waals surface area contributed by atoms with E-state index in [2.05, 4.69) is 34.3 Å². The number of rotatable bonds is 5. The molecule has 3 amide bonds. The fourth-order valence-corrected chi connectivity index (χ4v) is 6.41. The lowest BCUT2D eigenvalue weighted by Gasteiger charge is -2.26. The zero-order chi connectivity index (χ0) is 28.2. The van der Waals surface area contributed by atoms with Gasteiger partial charge < -0.3 is 20.1 Å². The van der Waals surface area contributed by atoms with Crippen LogP contribution in [0, 0.1) is 5.92 Å². The predicted octanol–water partition coefficient (Wildman–Crippen LogP) is 3.03. The number of amides is 3. The summed E-state index contributed by atoms with van der Waals surface area (Å²) in [5.41, 5.74) is 3.94. The molecule has 3 N–H and O–H groups in total. The highest BCUT2D eigenvalue weighted by Gasteiger charge is 2.37. The SMILES string of the molecule is CC(C)(C)OC(=O)NCC1COc2c(S(=O)(=O)NC(=O)Nc3c4c(nc5c3CCC5(C)C)CCC4)cnn2C1. The Kier molecular flexibility index (Phi) is 6.76. The van der Waals surface area contributed by atoms with Crippen molar-refractivity contribution in [2.45, 2.75) is 89.2 Å². The number of pyridine rings is 1. The minimum Gasteiger partial charge on any atom is -0.476 e. The number of aromatic nitrogens is 3. The molecule has 39 heavy (non-hydrogen) atoms. The molecule has 1 unspecified atom stereocenters. The number of sulfonamides is 1. The summed E-state index contributed by atoms with van der Waals surface area (Å²) >= 11 is 0. The summed E-state index contributed by atoms with van der Waals surface area (Å²) in [5, 5.41) is 9.69. The molecule has 13 heteroatoms. The maximum absolute atomic E-state index is 13.2. The van der Waals surface area contributed by atoms with Crippen LogP contribution in [0.3, 0.4) is 0 Å². The van der Waals surface area contributed by atoms with Crippen molar-refractivity contribution in [2.75, 3.05) is 18.5 Å². The van der Waals surface area contributed by atoms with Gasteiger partial charge in [0.15, 0.2) is 4.90 Å². The maximum Gasteiger partial charge on any atom is 0.407 e. The van der Waals surface area contributed by atoms with Crippen molar-refractivity contribution >= 4 is 27.8 Å². The first-order valence-electron chi connectivity index (χ1n) is 13.3. The van der Waals surface area contributed by atoms with Crippen LogP contribution in [0.15, 0.2) is 11.1 Å². The molecule has 1 atom stereocenters. The van der Waals surface area contributed by atoms with E-state index in [1.807, 2.05) is 0 Å². The van der Waals surface area contributed by atoms with Crippen LogP contribution in [0.2, 0.25) is 0 Å². The molecule has 0 bridgehead atoms. The van der Waals surface area contributed by atoms with E-state index in [0.29, 0.717) is 12.2 Å². The topological polar surface area (TPSA) is 154 Å². The lowest BCUT2D eigenvalue weighted by molar-refractivity contribution is 0.0502. The fraction of sp³-hybridized carbons (Fsp3) is 0.615. The van der Waals surface area contributed by atoms with Crippen molar-refractivity contribution in [3.8, 4) is 5.88 Å². The Morgan fingerprint density at radius 3 is 2.72 bits per heavy atom. The number of nitrogens with one attached hydrogen (secondary N) is 3. The molecule has 0 spiro atoms. The zero-order valence-electron chi connectivity index (χ0n) is 23.0. The van der Waals surface area contributed by atoms with E-state index in [-0.39, 0.29) is 35.3 Å². The van der Waals surface area contributed by atoms with Gasteiger partial charge in [-0.25, -0.2) is 27.4 Å². The van der Waals surface area contributed by atoms with Crippen LogP contribution in [-0.4, -0.2) is 54.1 Å². The molecule has 0 fully saturated rings. The zero-order valence-corrected chi connectivity index (χ0v) is 23.8. The molecular weight excluding hydrogens is 524 g/mol. The number of nitrogens with zero attached hydrogens (tertiary/aromatic N) is 3. The Morgan fingerprint density at radius 2 is 1.97 bits per heavy atom. The van der Waals surface area contributed by atoms with Gasteiger partial charge in [-0.2, -0.15) is 5.10 Å². The fourth-order valence-electron chi connectivity index (χ4n) is 5.43. The van der Waals surface area contributed by atoms with Crippen LogP contribution in [0.1, 0.15) is 70.0 Å². The van der Waals surface area contributed by atoms with Gasteiger partial charge in [-0.15, -0.1) is 0 Å². The Bertz CT molecular complexity index is 1430. The van der Waals surface area contributed by atoms with E-state index in [4.69, 9.17) is 14.5 Å². The van der Waals surface area contributed by atoms with Gasteiger partial charge in [-0.3, -0.25) is 4.98 Å². The number of carbonyl (C=O) groups is 2. The Hall–Kier alpha value is -3.35. The maximum atomic E-state index is 13.2. The number of anilines is 1. The summed E-state index contributed by atoms with van der Waals surface area (Å²) in [5.74, 6) is -0.0897. The van der Waals surface area contributed by atoms with Gasteiger partial charge in [-0.1, -0.05) is 13.8 Å². The van der Waals surface area contributed by atoms with Gasteiger partial charge in [0.05, 0.1) is 30.7 Å². The smallest absolute Gasteiger partial charge is 0.407 e. The van der Waals surface area contributed by atoms with Crippen LogP contribution in [0.25, 0.3) is 0 Å². The Morgan fingerprint density at radius 1 is 1.21 bits per heavy atom. The standard InChI is InChI=1S/C26H36N6O6S/c1-25(2,3)38-24(34)27-11-15-13-32-22(37-14-15)19(12-28-32)39(35,36)31-23(33)30-20-16-7-6-8-18(16)29-21-17(20)9-10-26(21,4)5/h12,15H,6-11,13-14H2,1-5H3,(H,27,34)(H2,29,30,31,33). The predicted molar refractivity (Wildman–Crippen MR) is 142 cm³/mol. The summed E-state index contributed by atoms with van der Waals surface area (Å²) in [6.07, 6.45) is 4.92. The molecule has 212 valence electrons. The summed E-state index contributed by atoms with van der Waals surface area (Å²) in [4.78, 5) is 29.7. The summed E-state index contributed by atoms with van der Waals surface area (Å²) < 4.78 is 40.9. The number of hydrogen-bond acceptors (Lipinski definition) is 8. The van der Waals surface area contributed by atoms with Crippen molar-refractivity contribution in [1.82, 2.24) is 24.8 Å². The Labute approximate surface area is 228 Å². The first-order valence-corrected chi connectivity index (χ1v) is 14.8. The monoisotopic (exact) mass is 560 g/mol. The van der Waals surface area contributed by atoms with Crippen molar-refractivity contribution in [3.63, 3.8) is 0 Å². The highest BCUT2D eigenvalue weighted by atomic mass is 32.2. The van der Waals surface area contributed by atoms with Gasteiger partial charge >= 0.3 is 12.1 Å². The molecule has 2 aromatic rings. The molecular formula is C26H36N6O6S. The third-order valence-corrected chi connectivity index (χ3v) is 8.61. The van der Waals surface area contributed by atoms with Crippen molar-refractivity contribution in [2.24, 2.45) is 5.92 Å². The summed E-state index contributed by atoms with van der Waals surface area (Å²) in [6.45, 7) is 10.4. The highest BCUT2D eigenvalue weighted by Crippen LogP contribution is 2.44. The first-order chi connectivity index (χ1) is 18.2. The number of carbonyl (C=O) groups excluding carboxylic acids is 2. The second-order valence-electron chi connectivity index (χ2n) is 12.1. The van der Waals surface area contributed by atoms with Gasteiger partial charge in [-0.05, 0) is 64.0 Å². The van der Waals surface area contributed by atoms with E-state index in [0.717, 1.165) is 54.6 Å². The second-order valence-corrected chi connectivity index (χ2v) is 13.7. The van der Waals surface area contributed by atoms with Crippen molar-refractivity contribution in [1.29, 1.82) is 0 Å². The van der Waals surface area contributed by atoms with Crippen molar-refractivity contribution in [3.05, 3.63) is 28.7 Å². The number of fused-ring (bicyclic) bond motifs is 3. The Balaban J connectivity index is 1.26. The average Bonchev–Trinajstić information content (AvgIpc) is 3.53. The molecule has 1 aliphatic heterocycles. The molecule has 0 radical (unpaired) electrons. The molecule has 12 nitrogen and oxygen atoms in total. The van der Waals surface area contributed by atoms with Crippen LogP contribution < -0.4 is 20.1 Å². The molecule has 3 heterocycles. The molecule has 2 aliphatic carbocycles. The van der Waals surface area contributed by atoms with Gasteiger partial charge in [0.1, 0.15) is 5.60 Å². The number of alkyl carbamates (subject to hydrolysis) is 1. The molecule has 2 aromatic heterocycles. The van der Waals surface area contributed by atoms with Gasteiger partial charge in [0, 0.05) is 23.6 Å². The van der Waals surface area contributed by atoms with Gasteiger partial charge in [0.2, 0.25) is 5.88 Å². The number of aryl methyl sites for hydroxylation is 1. The van der Waals surface area contributed by atoms with Crippen LogP contribution >= 0.6 is 0 Å². The lowest BCUT2D eigenvalue weighted by atomic mass is 9.90. The third-order valence-electron chi connectivity index (χ3n) is 7.30. The second kappa shape index (κ2) is 9.68. The molecule has 0 aromatic carbocycles. The molecule has 5 rings (SSSR count). The first kappa shape index (κ1) is 27.2. The van der Waals surface area contributed by atoms with Crippen LogP contribution in [0.5, 0.6) is 5.88 Å². The number of hydrogen-bond donors (Lipinski definition) is 3. The largest absolute Gasteiger partial charge is 0.476 e. The quantitative estimate of drug-likeness (QED) is 0.504. The highest BCUT2D eigenvalue weighted by molar-refractivity contribution is 7.90. The number of ether oxygens (including phenoxy) is 2. The van der Waals surface area contributed by atoms with E-state index in [9.17, 15) is 18.0 Å². The third kappa shape index (κ3) is 5.54.